The van der Waals surface area contributed by atoms with Crippen molar-refractivity contribution in [2.45, 2.75) is 31.6 Å². The first-order valence-electron chi connectivity index (χ1n) is 10.7. The van der Waals surface area contributed by atoms with Gasteiger partial charge in [-0.25, -0.2) is 4.79 Å². The van der Waals surface area contributed by atoms with Gasteiger partial charge in [-0.3, -0.25) is 4.79 Å². The first-order valence-corrected chi connectivity index (χ1v) is 11.5. The quantitative estimate of drug-likeness (QED) is 0.451. The van der Waals surface area contributed by atoms with Crippen LogP contribution in [0, 0.1) is 0 Å². The highest BCUT2D eigenvalue weighted by atomic mass is 79.9. The van der Waals surface area contributed by atoms with Gasteiger partial charge in [0, 0.05) is 40.9 Å². The Morgan fingerprint density at radius 1 is 1.03 bits per heavy atom. The molecule has 0 saturated carbocycles. The molecule has 0 aromatic heterocycles. The number of carbonyl (C=O) groups is 2. The molecule has 6 heteroatoms. The maximum atomic E-state index is 13.5. The van der Waals surface area contributed by atoms with Crippen LogP contribution >= 0.6 is 15.9 Å². The zero-order valence-corrected chi connectivity index (χ0v) is 19.8. The fourth-order valence-electron chi connectivity index (χ4n) is 4.55. The van der Waals surface area contributed by atoms with Gasteiger partial charge in [0.05, 0.1) is 12.2 Å². The molecule has 0 saturated heterocycles. The van der Waals surface area contributed by atoms with Crippen LogP contribution in [0.3, 0.4) is 0 Å². The Balaban J connectivity index is 1.74. The van der Waals surface area contributed by atoms with E-state index in [0.29, 0.717) is 24.2 Å². The van der Waals surface area contributed by atoms with E-state index in [1.807, 2.05) is 49.4 Å². The summed E-state index contributed by atoms with van der Waals surface area (Å²) in [5, 5.41) is 3.38. The van der Waals surface area contributed by atoms with Gasteiger partial charge in [-0.05, 0) is 42.5 Å². The molecule has 1 N–H and O–H groups in total. The topological polar surface area (TPSA) is 64.6 Å². The summed E-state index contributed by atoms with van der Waals surface area (Å²) in [5.74, 6) is -0.707. The van der Waals surface area contributed by atoms with E-state index in [2.05, 4.69) is 33.4 Å². The maximum Gasteiger partial charge on any atom is 0.336 e. The standard InChI is InChI=1S/C26H26BrNO4/c1-16-23(26(30)32-13-12-31-2)24(18-8-10-20(27)11-9-18)25-21(28-16)14-19(15-22(25)29)17-6-4-3-5-7-17/h3-11,19,24,28H,12-15H2,1-2H3/t19-,24-/m0/s1. The second-order valence-electron chi connectivity index (χ2n) is 8.11. The van der Waals surface area contributed by atoms with Crippen LogP contribution in [0.1, 0.15) is 42.7 Å². The Labute approximate surface area is 196 Å². The zero-order chi connectivity index (χ0) is 22.7. The minimum atomic E-state index is -0.460. The minimum Gasteiger partial charge on any atom is -0.460 e. The van der Waals surface area contributed by atoms with Crippen molar-refractivity contribution >= 4 is 27.7 Å². The number of rotatable bonds is 6. The van der Waals surface area contributed by atoms with Crippen LogP contribution in [-0.2, 0) is 19.1 Å². The van der Waals surface area contributed by atoms with Gasteiger partial charge in [-0.1, -0.05) is 58.4 Å². The van der Waals surface area contributed by atoms with Gasteiger partial charge in [0.2, 0.25) is 0 Å². The number of nitrogens with one attached hydrogen (secondary N) is 1. The van der Waals surface area contributed by atoms with E-state index in [1.165, 1.54) is 0 Å². The largest absolute Gasteiger partial charge is 0.460 e. The predicted molar refractivity (Wildman–Crippen MR) is 126 cm³/mol. The van der Waals surface area contributed by atoms with Crippen LogP contribution in [0.2, 0.25) is 0 Å². The summed E-state index contributed by atoms with van der Waals surface area (Å²) in [5.41, 5.74) is 4.82. The molecule has 2 aromatic rings. The number of esters is 1. The smallest absolute Gasteiger partial charge is 0.336 e. The monoisotopic (exact) mass is 495 g/mol. The van der Waals surface area contributed by atoms with E-state index >= 15 is 0 Å². The number of hydrogen-bond acceptors (Lipinski definition) is 5. The molecule has 0 bridgehead atoms. The Kier molecular flexibility index (Phi) is 6.92. The van der Waals surface area contributed by atoms with E-state index in [9.17, 15) is 9.59 Å². The molecular weight excluding hydrogens is 470 g/mol. The highest BCUT2D eigenvalue weighted by Crippen LogP contribution is 2.45. The molecule has 5 nitrogen and oxygen atoms in total. The van der Waals surface area contributed by atoms with Crippen molar-refractivity contribution in [2.75, 3.05) is 20.3 Å². The van der Waals surface area contributed by atoms with E-state index in [-0.39, 0.29) is 18.3 Å². The van der Waals surface area contributed by atoms with Gasteiger partial charge in [0.1, 0.15) is 6.61 Å². The number of hydrogen-bond donors (Lipinski definition) is 1. The summed E-state index contributed by atoms with van der Waals surface area (Å²) in [7, 11) is 1.56. The molecule has 166 valence electrons. The summed E-state index contributed by atoms with van der Waals surface area (Å²) >= 11 is 3.47. The third-order valence-corrected chi connectivity index (χ3v) is 6.57. The number of dihydropyridines is 1. The fourth-order valence-corrected chi connectivity index (χ4v) is 4.82. The Morgan fingerprint density at radius 2 is 1.75 bits per heavy atom. The number of carbonyl (C=O) groups excluding carboxylic acids is 2. The lowest BCUT2D eigenvalue weighted by Gasteiger charge is -2.36. The summed E-state index contributed by atoms with van der Waals surface area (Å²) in [6, 6.07) is 17.9. The summed E-state index contributed by atoms with van der Waals surface area (Å²) in [6.07, 6.45) is 1.14. The van der Waals surface area contributed by atoms with Crippen molar-refractivity contribution in [1.82, 2.24) is 5.32 Å². The third-order valence-electron chi connectivity index (χ3n) is 6.04. The van der Waals surface area contributed by atoms with Crippen LogP contribution in [0.4, 0.5) is 0 Å². The third kappa shape index (κ3) is 4.57. The first-order chi connectivity index (χ1) is 15.5. The van der Waals surface area contributed by atoms with Crippen molar-refractivity contribution in [3.05, 3.63) is 92.7 Å². The van der Waals surface area contributed by atoms with E-state index in [4.69, 9.17) is 9.47 Å². The lowest BCUT2D eigenvalue weighted by Crippen LogP contribution is -2.36. The lowest BCUT2D eigenvalue weighted by molar-refractivity contribution is -0.140. The second kappa shape index (κ2) is 9.84. The van der Waals surface area contributed by atoms with Crippen LogP contribution in [0.5, 0.6) is 0 Å². The molecule has 1 aliphatic heterocycles. The van der Waals surface area contributed by atoms with Crippen LogP contribution in [0.25, 0.3) is 0 Å². The van der Waals surface area contributed by atoms with Gasteiger partial charge < -0.3 is 14.8 Å². The Hall–Kier alpha value is -2.70. The highest BCUT2D eigenvalue weighted by Gasteiger charge is 2.41. The highest BCUT2D eigenvalue weighted by molar-refractivity contribution is 9.10. The molecule has 2 aromatic carbocycles. The molecule has 0 unspecified atom stereocenters. The van der Waals surface area contributed by atoms with Gasteiger partial charge in [-0.15, -0.1) is 0 Å². The van der Waals surface area contributed by atoms with Crippen molar-refractivity contribution in [3.8, 4) is 0 Å². The van der Waals surface area contributed by atoms with E-state index in [1.54, 1.807) is 7.11 Å². The average molecular weight is 496 g/mol. The zero-order valence-electron chi connectivity index (χ0n) is 18.2. The molecule has 32 heavy (non-hydrogen) atoms. The molecule has 2 atom stereocenters. The number of halogens is 1. The Bertz CT molecular complexity index is 1070. The van der Waals surface area contributed by atoms with Crippen molar-refractivity contribution in [1.29, 1.82) is 0 Å². The normalized spacial score (nSPS) is 20.7. The number of methoxy groups -OCH3 is 1. The number of ether oxygens (including phenoxy) is 2. The van der Waals surface area contributed by atoms with Gasteiger partial charge >= 0.3 is 5.97 Å². The Morgan fingerprint density at radius 3 is 2.44 bits per heavy atom. The number of Topliss-reactive ketones (excluding diaryl/α,β-unsaturated/α-hetero) is 1. The van der Waals surface area contributed by atoms with Crippen molar-refractivity contribution in [3.63, 3.8) is 0 Å². The van der Waals surface area contributed by atoms with Crippen LogP contribution in [-0.4, -0.2) is 32.1 Å². The molecule has 1 aliphatic carbocycles. The molecular formula is C26H26BrNO4. The van der Waals surface area contributed by atoms with E-state index in [0.717, 1.165) is 33.4 Å². The van der Waals surface area contributed by atoms with Gasteiger partial charge in [0.15, 0.2) is 5.78 Å². The molecule has 1 heterocycles. The molecule has 0 amide bonds. The van der Waals surface area contributed by atoms with Gasteiger partial charge in [0.25, 0.3) is 0 Å². The minimum absolute atomic E-state index is 0.0650. The number of ketones is 1. The second-order valence-corrected chi connectivity index (χ2v) is 9.02. The predicted octanol–water partition coefficient (Wildman–Crippen LogP) is 5.00. The summed E-state index contributed by atoms with van der Waals surface area (Å²) in [6.45, 7) is 2.36. The van der Waals surface area contributed by atoms with E-state index < -0.39 is 11.9 Å². The van der Waals surface area contributed by atoms with Crippen LogP contribution in [0.15, 0.2) is 81.6 Å². The molecule has 0 spiro atoms. The fraction of sp³-hybridized carbons (Fsp3) is 0.308. The number of allylic oxidation sites excluding steroid dienone is 3. The summed E-state index contributed by atoms with van der Waals surface area (Å²) in [4.78, 5) is 26.6. The first kappa shape index (κ1) is 22.5. The SMILES string of the molecule is COCCOC(=O)C1=C(C)NC2=C(C(=O)C[C@@H](c3ccccc3)C2)[C@H]1c1ccc(Br)cc1. The molecule has 0 fully saturated rings. The number of benzene rings is 2. The van der Waals surface area contributed by atoms with Crippen molar-refractivity contribution in [2.24, 2.45) is 0 Å². The maximum absolute atomic E-state index is 13.5. The molecule has 4 rings (SSSR count). The molecule has 0 radical (unpaired) electrons. The lowest BCUT2D eigenvalue weighted by atomic mass is 9.72. The van der Waals surface area contributed by atoms with Gasteiger partial charge in [-0.2, -0.15) is 0 Å². The molecule has 2 aliphatic rings. The summed E-state index contributed by atoms with van der Waals surface area (Å²) < 4.78 is 11.4. The average Bonchev–Trinajstić information content (AvgIpc) is 2.79. The van der Waals surface area contributed by atoms with Crippen molar-refractivity contribution < 1.29 is 19.1 Å². The van der Waals surface area contributed by atoms with Crippen LogP contribution < -0.4 is 5.32 Å².